The van der Waals surface area contributed by atoms with Crippen molar-refractivity contribution in [3.05, 3.63) is 71.8 Å². The maximum atomic E-state index is 11.6. The van der Waals surface area contributed by atoms with E-state index in [2.05, 4.69) is 69.3 Å². The molecule has 0 aromatic heterocycles. The first-order valence-electron chi connectivity index (χ1n) is 10.1. The minimum Gasteiger partial charge on any atom is -0.414 e. The van der Waals surface area contributed by atoms with E-state index in [9.17, 15) is 8.42 Å². The van der Waals surface area contributed by atoms with Gasteiger partial charge in [0, 0.05) is 5.92 Å². The molecule has 1 fully saturated rings. The normalized spacial score (nSPS) is 21.5. The van der Waals surface area contributed by atoms with Crippen molar-refractivity contribution in [3.8, 4) is 0 Å². The fourth-order valence-corrected chi connectivity index (χ4v) is 6.49. The molecule has 0 amide bonds. The lowest BCUT2D eigenvalue weighted by atomic mass is 9.55. The quantitative estimate of drug-likeness (QED) is 0.495. The van der Waals surface area contributed by atoms with Crippen LogP contribution < -0.4 is 0 Å². The second-order valence-corrected chi connectivity index (χ2v) is 11.2. The highest BCUT2D eigenvalue weighted by molar-refractivity contribution is 7.86. The van der Waals surface area contributed by atoms with E-state index in [1.165, 1.54) is 0 Å². The summed E-state index contributed by atoms with van der Waals surface area (Å²) in [4.78, 5) is 0. The van der Waals surface area contributed by atoms with E-state index >= 15 is 0 Å². The lowest BCUT2D eigenvalue weighted by molar-refractivity contribution is -0.0899. The van der Waals surface area contributed by atoms with Crippen molar-refractivity contribution >= 4 is 20.6 Å². The molecule has 158 valence electrons. The van der Waals surface area contributed by atoms with Crippen LogP contribution in [0.3, 0.4) is 0 Å². The Bertz CT molecular complexity index is 861. The zero-order valence-corrected chi connectivity index (χ0v) is 20.8. The molecule has 6 heteroatoms. The molecule has 0 radical (unpaired) electrons. The summed E-state index contributed by atoms with van der Waals surface area (Å²) in [6.45, 7) is 6.76. The van der Waals surface area contributed by atoms with Crippen LogP contribution in [0.4, 0.5) is 0 Å². The van der Waals surface area contributed by atoms with Gasteiger partial charge in [-0.1, -0.05) is 81.4 Å². The summed E-state index contributed by atoms with van der Waals surface area (Å²) in [5, 5.41) is 0. The smallest absolute Gasteiger partial charge is 0.264 e. The second kappa shape index (κ2) is 8.34. The van der Waals surface area contributed by atoms with Gasteiger partial charge in [-0.05, 0) is 35.3 Å². The number of hydrogen-bond donors (Lipinski definition) is 0. The van der Waals surface area contributed by atoms with E-state index in [4.69, 9.17) is 8.61 Å². The summed E-state index contributed by atoms with van der Waals surface area (Å²) < 4.78 is 35.0. The Morgan fingerprint density at radius 3 is 1.72 bits per heavy atom. The van der Waals surface area contributed by atoms with Gasteiger partial charge in [-0.15, -0.1) is 0 Å². The first-order chi connectivity index (χ1) is 13.6. The summed E-state index contributed by atoms with van der Waals surface area (Å²) in [5.74, 6) is 0.466. The van der Waals surface area contributed by atoms with Gasteiger partial charge in [-0.2, -0.15) is 8.42 Å². The molecule has 0 saturated heterocycles. The molecule has 1 atom stereocenters. The molecule has 2 aromatic rings. The average Bonchev–Trinajstić information content (AvgIpc) is 2.63. The van der Waals surface area contributed by atoms with Gasteiger partial charge in [-0.25, -0.2) is 0 Å². The third kappa shape index (κ3) is 4.66. The Labute approximate surface area is 178 Å². The van der Waals surface area contributed by atoms with E-state index < -0.39 is 15.7 Å². The third-order valence-corrected chi connectivity index (χ3v) is 7.28. The van der Waals surface area contributed by atoms with Crippen LogP contribution in [0.2, 0.25) is 0 Å². The van der Waals surface area contributed by atoms with E-state index in [0.717, 1.165) is 30.2 Å². The third-order valence-electron chi connectivity index (χ3n) is 6.01. The lowest BCUT2D eigenvalue weighted by Gasteiger charge is -2.54. The largest absolute Gasteiger partial charge is 0.414 e. The molecule has 4 nitrogen and oxygen atoms in total. The lowest BCUT2D eigenvalue weighted by Crippen LogP contribution is -2.53. The van der Waals surface area contributed by atoms with Crippen LogP contribution in [0.15, 0.2) is 60.7 Å². The standard InChI is InChI=1S/C23H32O4SSi/c1-22(2,3)21(17-15-20(16-17)26-28(4,24)25)23(27-29,18-11-7-5-8-12-18)19-13-9-6-10-14-19/h5-14,17,20-21H,15-16H2,1-4,29H3. The molecule has 1 saturated carbocycles. The van der Waals surface area contributed by atoms with E-state index in [-0.39, 0.29) is 17.4 Å². The van der Waals surface area contributed by atoms with Gasteiger partial charge in [-0.3, -0.25) is 4.18 Å². The van der Waals surface area contributed by atoms with Crippen LogP contribution >= 0.6 is 0 Å². The average molecular weight is 433 g/mol. The van der Waals surface area contributed by atoms with Crippen molar-refractivity contribution < 1.29 is 17.0 Å². The summed E-state index contributed by atoms with van der Waals surface area (Å²) in [7, 11) is -2.86. The number of rotatable bonds is 7. The maximum absolute atomic E-state index is 11.6. The van der Waals surface area contributed by atoms with Gasteiger partial charge in [0.05, 0.1) is 12.4 Å². The topological polar surface area (TPSA) is 52.6 Å². The van der Waals surface area contributed by atoms with E-state index in [1.54, 1.807) is 0 Å². The van der Waals surface area contributed by atoms with Crippen molar-refractivity contribution in [1.29, 1.82) is 0 Å². The SMILES string of the molecule is CC(C)(C)C(C1CC(OS(C)(=O)=O)C1)C(O[SiH3])(c1ccccc1)c1ccccc1. The van der Waals surface area contributed by atoms with Crippen LogP contribution in [-0.4, -0.2) is 31.3 Å². The Kier molecular flexibility index (Phi) is 6.39. The second-order valence-electron chi connectivity index (χ2n) is 9.17. The van der Waals surface area contributed by atoms with Crippen molar-refractivity contribution in [3.63, 3.8) is 0 Å². The zero-order chi connectivity index (χ0) is 21.3. The van der Waals surface area contributed by atoms with Crippen molar-refractivity contribution in [1.82, 2.24) is 0 Å². The molecule has 1 aliphatic carbocycles. The molecular formula is C23H32O4SSi. The van der Waals surface area contributed by atoms with Crippen molar-refractivity contribution in [2.75, 3.05) is 6.26 Å². The first-order valence-corrected chi connectivity index (χ1v) is 12.8. The van der Waals surface area contributed by atoms with E-state index in [0.29, 0.717) is 16.4 Å². The Balaban J connectivity index is 2.09. The van der Waals surface area contributed by atoms with Crippen molar-refractivity contribution in [2.24, 2.45) is 17.3 Å². The molecular weight excluding hydrogens is 400 g/mol. The summed E-state index contributed by atoms with van der Waals surface area (Å²) in [6.07, 6.45) is 2.33. The summed E-state index contributed by atoms with van der Waals surface area (Å²) in [5.41, 5.74) is 1.66. The summed E-state index contributed by atoms with van der Waals surface area (Å²) >= 11 is 0. The molecule has 0 aliphatic heterocycles. The highest BCUT2D eigenvalue weighted by atomic mass is 32.2. The van der Waals surface area contributed by atoms with E-state index in [1.807, 2.05) is 12.1 Å². The van der Waals surface area contributed by atoms with Crippen molar-refractivity contribution in [2.45, 2.75) is 45.3 Å². The highest BCUT2D eigenvalue weighted by Crippen LogP contribution is 2.56. The van der Waals surface area contributed by atoms with Gasteiger partial charge >= 0.3 is 0 Å². The Morgan fingerprint density at radius 2 is 1.38 bits per heavy atom. The van der Waals surface area contributed by atoms with Crippen LogP contribution in [0.5, 0.6) is 0 Å². The minimum atomic E-state index is -3.44. The predicted molar refractivity (Wildman–Crippen MR) is 120 cm³/mol. The van der Waals surface area contributed by atoms with Crippen LogP contribution in [-0.2, 0) is 24.3 Å². The molecule has 1 unspecified atom stereocenters. The highest BCUT2D eigenvalue weighted by Gasteiger charge is 2.54. The molecule has 29 heavy (non-hydrogen) atoms. The minimum absolute atomic E-state index is 0.0587. The van der Waals surface area contributed by atoms with Gasteiger partial charge in [0.1, 0.15) is 16.1 Å². The van der Waals surface area contributed by atoms with Crippen LogP contribution in [0.1, 0.15) is 44.7 Å². The van der Waals surface area contributed by atoms with Gasteiger partial charge in [0.2, 0.25) is 0 Å². The Hall–Kier alpha value is -1.47. The molecule has 1 aliphatic rings. The predicted octanol–water partition coefficient (Wildman–Crippen LogP) is 3.64. The van der Waals surface area contributed by atoms with Gasteiger partial charge < -0.3 is 4.43 Å². The van der Waals surface area contributed by atoms with Gasteiger partial charge in [0.25, 0.3) is 10.1 Å². The Morgan fingerprint density at radius 1 is 0.931 bits per heavy atom. The van der Waals surface area contributed by atoms with Crippen LogP contribution in [0.25, 0.3) is 0 Å². The molecule has 0 N–H and O–H groups in total. The summed E-state index contributed by atoms with van der Waals surface area (Å²) in [6, 6.07) is 20.9. The molecule has 0 heterocycles. The molecule has 2 aromatic carbocycles. The fourth-order valence-electron chi connectivity index (χ4n) is 5.11. The number of benzene rings is 2. The first kappa shape index (κ1) is 22.2. The molecule has 0 spiro atoms. The number of hydrogen-bond acceptors (Lipinski definition) is 4. The maximum Gasteiger partial charge on any atom is 0.264 e. The molecule has 3 rings (SSSR count). The van der Waals surface area contributed by atoms with Gasteiger partial charge in [0.15, 0.2) is 0 Å². The monoisotopic (exact) mass is 432 g/mol. The zero-order valence-electron chi connectivity index (χ0n) is 18.0. The van der Waals surface area contributed by atoms with Crippen LogP contribution in [0, 0.1) is 17.3 Å². The fraction of sp³-hybridized carbons (Fsp3) is 0.478. The molecule has 0 bridgehead atoms.